The maximum atomic E-state index is 5.99. The summed E-state index contributed by atoms with van der Waals surface area (Å²) in [6, 6.07) is 8.04. The van der Waals surface area contributed by atoms with Crippen LogP contribution in [0.15, 0.2) is 30.5 Å². The fraction of sp³-hybridized carbons (Fsp3) is 0.250. The second-order valence-corrected chi connectivity index (χ2v) is 6.33. The van der Waals surface area contributed by atoms with E-state index in [-0.39, 0.29) is 5.95 Å². The summed E-state index contributed by atoms with van der Waals surface area (Å²) < 4.78 is 11.2. The van der Waals surface area contributed by atoms with Gasteiger partial charge in [-0.1, -0.05) is 0 Å². The van der Waals surface area contributed by atoms with Crippen LogP contribution in [0.1, 0.15) is 22.5 Å². The van der Waals surface area contributed by atoms with E-state index in [4.69, 9.17) is 20.9 Å². The molecule has 27 heavy (non-hydrogen) atoms. The maximum absolute atomic E-state index is 5.99. The van der Waals surface area contributed by atoms with Gasteiger partial charge in [-0.25, -0.2) is 4.98 Å². The van der Waals surface area contributed by atoms with Gasteiger partial charge in [0.15, 0.2) is 11.5 Å². The van der Waals surface area contributed by atoms with Crippen molar-refractivity contribution in [2.75, 3.05) is 25.7 Å². The summed E-state index contributed by atoms with van der Waals surface area (Å²) in [4.78, 5) is 12.5. The first-order chi connectivity index (χ1) is 12.9. The van der Waals surface area contributed by atoms with E-state index in [1.54, 1.807) is 20.4 Å². The molecule has 0 radical (unpaired) electrons. The molecule has 3 aromatic rings. The summed E-state index contributed by atoms with van der Waals surface area (Å²) in [6.07, 6.45) is 2.19. The number of anilines is 2. The van der Waals surface area contributed by atoms with Gasteiger partial charge >= 0.3 is 0 Å². The lowest BCUT2D eigenvalue weighted by Gasteiger charge is -2.16. The Morgan fingerprint density at radius 2 is 1.63 bits per heavy atom. The molecular weight excluding hydrogens is 342 g/mol. The molecule has 0 aliphatic rings. The van der Waals surface area contributed by atoms with Crippen molar-refractivity contribution in [3.8, 4) is 22.6 Å². The van der Waals surface area contributed by atoms with E-state index < -0.39 is 0 Å². The first-order valence-electron chi connectivity index (χ1n) is 8.48. The molecule has 0 saturated carbocycles. The zero-order valence-corrected chi connectivity index (χ0v) is 15.9. The molecule has 0 bridgehead atoms. The SMILES string of the molecule is COc1cc(Cc2cnc(N)nc2N)cc(-c2cc(C)nc(C)c2)c1OC. The van der Waals surface area contributed by atoms with Crippen molar-refractivity contribution in [1.29, 1.82) is 0 Å². The molecule has 0 atom stereocenters. The lowest BCUT2D eigenvalue weighted by molar-refractivity contribution is 0.356. The Morgan fingerprint density at radius 3 is 2.22 bits per heavy atom. The van der Waals surface area contributed by atoms with E-state index in [9.17, 15) is 0 Å². The summed E-state index contributed by atoms with van der Waals surface area (Å²) in [7, 11) is 3.25. The van der Waals surface area contributed by atoms with Gasteiger partial charge < -0.3 is 20.9 Å². The van der Waals surface area contributed by atoms with Crippen molar-refractivity contribution in [3.05, 3.63) is 53.0 Å². The highest BCUT2D eigenvalue weighted by atomic mass is 16.5. The predicted octanol–water partition coefficient (Wildman–Crippen LogP) is 2.93. The number of aromatic nitrogens is 3. The van der Waals surface area contributed by atoms with Crippen LogP contribution in [0.2, 0.25) is 0 Å². The Hall–Kier alpha value is -3.35. The van der Waals surface area contributed by atoms with Crippen LogP contribution in [0.25, 0.3) is 11.1 Å². The third kappa shape index (κ3) is 3.92. The zero-order valence-electron chi connectivity index (χ0n) is 15.9. The number of pyridine rings is 1. The van der Waals surface area contributed by atoms with Gasteiger partial charge in [0.1, 0.15) is 5.82 Å². The number of methoxy groups -OCH3 is 2. The van der Waals surface area contributed by atoms with E-state index in [2.05, 4.69) is 21.0 Å². The Labute approximate surface area is 158 Å². The summed E-state index contributed by atoms with van der Waals surface area (Å²) in [5.41, 5.74) is 17.2. The number of nitrogens with zero attached hydrogens (tertiary/aromatic N) is 3. The van der Waals surface area contributed by atoms with Crippen LogP contribution in [0.5, 0.6) is 11.5 Å². The minimum atomic E-state index is 0.159. The molecule has 1 aromatic carbocycles. The number of aryl methyl sites for hydroxylation is 2. The molecule has 2 heterocycles. The second kappa shape index (κ2) is 7.49. The van der Waals surface area contributed by atoms with Gasteiger partial charge in [0, 0.05) is 35.1 Å². The topological polar surface area (TPSA) is 109 Å². The number of hydrogen-bond donors (Lipinski definition) is 2. The number of nitrogens with two attached hydrogens (primary N) is 2. The van der Waals surface area contributed by atoms with Crippen molar-refractivity contribution < 1.29 is 9.47 Å². The Bertz CT molecular complexity index is 968. The van der Waals surface area contributed by atoms with Gasteiger partial charge in [0.25, 0.3) is 0 Å². The quantitative estimate of drug-likeness (QED) is 0.715. The van der Waals surface area contributed by atoms with Crippen molar-refractivity contribution >= 4 is 11.8 Å². The van der Waals surface area contributed by atoms with Gasteiger partial charge in [0.05, 0.1) is 14.2 Å². The van der Waals surface area contributed by atoms with Gasteiger partial charge in [0.2, 0.25) is 5.95 Å². The summed E-state index contributed by atoms with van der Waals surface area (Å²) in [5, 5.41) is 0. The monoisotopic (exact) mass is 365 g/mol. The van der Waals surface area contributed by atoms with Crippen LogP contribution in [0, 0.1) is 13.8 Å². The number of ether oxygens (including phenoxy) is 2. The van der Waals surface area contributed by atoms with Gasteiger partial charge in [-0.2, -0.15) is 4.98 Å². The van der Waals surface area contributed by atoms with Gasteiger partial charge in [-0.3, -0.25) is 4.98 Å². The van der Waals surface area contributed by atoms with Gasteiger partial charge in [-0.15, -0.1) is 0 Å². The van der Waals surface area contributed by atoms with Crippen molar-refractivity contribution in [2.45, 2.75) is 20.3 Å². The minimum absolute atomic E-state index is 0.159. The molecule has 2 aromatic heterocycles. The minimum Gasteiger partial charge on any atom is -0.493 e. The number of nitrogen functional groups attached to an aromatic ring is 2. The normalized spacial score (nSPS) is 10.7. The van der Waals surface area contributed by atoms with Crippen LogP contribution in [0.3, 0.4) is 0 Å². The molecule has 0 fully saturated rings. The molecule has 0 aliphatic carbocycles. The third-order valence-electron chi connectivity index (χ3n) is 4.24. The lowest BCUT2D eigenvalue weighted by atomic mass is 9.97. The molecule has 4 N–H and O–H groups in total. The van der Waals surface area contributed by atoms with Crippen LogP contribution in [0.4, 0.5) is 11.8 Å². The summed E-state index contributed by atoms with van der Waals surface area (Å²) >= 11 is 0. The lowest BCUT2D eigenvalue weighted by Crippen LogP contribution is -2.04. The first-order valence-corrected chi connectivity index (χ1v) is 8.48. The Balaban J connectivity index is 2.13. The van der Waals surface area contributed by atoms with E-state index in [1.165, 1.54) is 0 Å². The molecule has 7 heteroatoms. The average molecular weight is 365 g/mol. The van der Waals surface area contributed by atoms with Crippen molar-refractivity contribution in [2.24, 2.45) is 0 Å². The second-order valence-electron chi connectivity index (χ2n) is 6.33. The molecule has 0 spiro atoms. The molecule has 0 amide bonds. The molecule has 140 valence electrons. The summed E-state index contributed by atoms with van der Waals surface area (Å²) in [5.74, 6) is 1.85. The fourth-order valence-electron chi connectivity index (χ4n) is 3.12. The van der Waals surface area contributed by atoms with Crippen LogP contribution >= 0.6 is 0 Å². The smallest absolute Gasteiger partial charge is 0.221 e. The average Bonchev–Trinajstić information content (AvgIpc) is 2.62. The van der Waals surface area contributed by atoms with Crippen LogP contribution in [-0.2, 0) is 6.42 Å². The molecule has 0 saturated heterocycles. The molecule has 0 unspecified atom stereocenters. The molecule has 0 aliphatic heterocycles. The molecule has 3 rings (SSSR count). The predicted molar refractivity (Wildman–Crippen MR) is 106 cm³/mol. The highest BCUT2D eigenvalue weighted by molar-refractivity contribution is 5.75. The van der Waals surface area contributed by atoms with Crippen LogP contribution in [-0.4, -0.2) is 29.2 Å². The zero-order chi connectivity index (χ0) is 19.6. The van der Waals surface area contributed by atoms with Crippen molar-refractivity contribution in [3.63, 3.8) is 0 Å². The van der Waals surface area contributed by atoms with E-state index in [1.807, 2.05) is 32.0 Å². The summed E-state index contributed by atoms with van der Waals surface area (Å²) in [6.45, 7) is 3.94. The Kier molecular flexibility index (Phi) is 5.12. The highest BCUT2D eigenvalue weighted by Crippen LogP contribution is 2.40. The largest absolute Gasteiger partial charge is 0.493 e. The van der Waals surface area contributed by atoms with Gasteiger partial charge in [-0.05, 0) is 49.2 Å². The number of benzene rings is 1. The standard InChI is InChI=1S/C20H23N5O2/c1-11-5-14(6-12(2)24-11)16-8-13(9-17(26-3)18(16)27-4)7-15-10-23-20(22)25-19(15)21/h5-6,8-10H,7H2,1-4H3,(H4,21,22,23,25). The number of hydrogen-bond acceptors (Lipinski definition) is 7. The van der Waals surface area contributed by atoms with Crippen LogP contribution < -0.4 is 20.9 Å². The van der Waals surface area contributed by atoms with E-state index in [0.717, 1.165) is 33.6 Å². The fourth-order valence-corrected chi connectivity index (χ4v) is 3.12. The van der Waals surface area contributed by atoms with Crippen molar-refractivity contribution in [1.82, 2.24) is 15.0 Å². The number of rotatable bonds is 5. The third-order valence-corrected chi connectivity index (χ3v) is 4.24. The van der Waals surface area contributed by atoms with E-state index in [0.29, 0.717) is 23.7 Å². The van der Waals surface area contributed by atoms with E-state index >= 15 is 0 Å². The first kappa shape index (κ1) is 18.4. The Morgan fingerprint density at radius 1 is 0.926 bits per heavy atom. The molecular formula is C20H23N5O2. The maximum Gasteiger partial charge on any atom is 0.221 e. The molecule has 7 nitrogen and oxygen atoms in total. The highest BCUT2D eigenvalue weighted by Gasteiger charge is 2.16.